The number of hydrogen-bond acceptors (Lipinski definition) is 2. The van der Waals surface area contributed by atoms with E-state index in [4.69, 9.17) is 4.43 Å². The van der Waals surface area contributed by atoms with Crippen molar-refractivity contribution >= 4 is 19.9 Å². The van der Waals surface area contributed by atoms with Gasteiger partial charge in [0, 0.05) is 11.3 Å². The summed E-state index contributed by atoms with van der Waals surface area (Å²) in [6.45, 7) is 16.6. The highest BCUT2D eigenvalue weighted by Crippen LogP contribution is 2.40. The van der Waals surface area contributed by atoms with Gasteiger partial charge < -0.3 is 9.74 Å². The summed E-state index contributed by atoms with van der Waals surface area (Å²) in [6, 6.07) is 7.75. The molecule has 0 aliphatic heterocycles. The van der Waals surface area contributed by atoms with Crippen LogP contribution in [-0.2, 0) is 9.22 Å². The van der Waals surface area contributed by atoms with Crippen LogP contribution in [0.2, 0.25) is 18.1 Å². The van der Waals surface area contributed by atoms with Gasteiger partial charge in [0.15, 0.2) is 8.32 Å². The lowest BCUT2D eigenvalue weighted by Crippen LogP contribution is -2.41. The maximum Gasteiger partial charge on any atom is 0.247 e. The Balaban J connectivity index is 3.00. The highest BCUT2D eigenvalue weighted by Gasteiger charge is 2.38. The van der Waals surface area contributed by atoms with Crippen LogP contribution in [-0.4, -0.2) is 14.2 Å². The van der Waals surface area contributed by atoms with Crippen molar-refractivity contribution < 1.29 is 9.22 Å². The topological polar surface area (TPSA) is 38.3 Å². The summed E-state index contributed by atoms with van der Waals surface area (Å²) in [4.78, 5) is 11.5. The van der Waals surface area contributed by atoms with Gasteiger partial charge in [0.25, 0.3) is 0 Å². The minimum Gasteiger partial charge on any atom is -0.410 e. The van der Waals surface area contributed by atoms with E-state index in [1.54, 1.807) is 0 Å². The van der Waals surface area contributed by atoms with E-state index in [1.807, 2.05) is 31.2 Å². The zero-order valence-electron chi connectivity index (χ0n) is 14.0. The molecule has 0 bridgehead atoms. The average molecular weight is 305 g/mol. The maximum absolute atomic E-state index is 11.5. The Morgan fingerprint density at radius 2 is 1.90 bits per heavy atom. The van der Waals surface area contributed by atoms with Gasteiger partial charge in [-0.3, -0.25) is 4.79 Å². The largest absolute Gasteiger partial charge is 0.410 e. The molecule has 0 saturated heterocycles. The second-order valence-electron chi connectivity index (χ2n) is 6.80. The van der Waals surface area contributed by atoms with Crippen molar-refractivity contribution in [3.63, 3.8) is 0 Å². The molecule has 0 saturated carbocycles. The molecule has 1 N–H and O–H groups in total. The summed E-state index contributed by atoms with van der Waals surface area (Å²) in [5.74, 6) is -0.207. The molecule has 0 aromatic heterocycles. The van der Waals surface area contributed by atoms with E-state index in [-0.39, 0.29) is 17.0 Å². The summed E-state index contributed by atoms with van der Waals surface area (Å²) < 4.78 is 6.41. The molecule has 1 aromatic rings. The van der Waals surface area contributed by atoms with Crippen LogP contribution in [0.3, 0.4) is 0 Å². The van der Waals surface area contributed by atoms with Gasteiger partial charge in [-0.25, -0.2) is 0 Å². The Labute approximate surface area is 129 Å². The first kappa shape index (κ1) is 17.7. The van der Waals surface area contributed by atoms with Crippen LogP contribution in [0.5, 0.6) is 0 Å². The van der Waals surface area contributed by atoms with Crippen LogP contribution in [0.15, 0.2) is 36.9 Å². The predicted octanol–water partition coefficient (Wildman–Crippen LogP) is 4.89. The number of anilines is 1. The van der Waals surface area contributed by atoms with Gasteiger partial charge in [0.2, 0.25) is 5.91 Å². The Kier molecular flexibility index (Phi) is 5.53. The number of para-hydroxylation sites is 1. The quantitative estimate of drug-likeness (QED) is 0.621. The molecule has 4 heteroatoms. The zero-order chi connectivity index (χ0) is 16.3. The van der Waals surface area contributed by atoms with Crippen LogP contribution < -0.4 is 5.32 Å². The molecule has 1 unspecified atom stereocenters. The number of carbonyl (C=O) groups excluding carboxylic acids is 1. The van der Waals surface area contributed by atoms with Crippen LogP contribution >= 0.6 is 0 Å². The van der Waals surface area contributed by atoms with Crippen molar-refractivity contribution in [2.45, 2.75) is 51.9 Å². The van der Waals surface area contributed by atoms with Crippen molar-refractivity contribution in [2.75, 3.05) is 5.32 Å². The Bertz CT molecular complexity index is 518. The molecular weight excluding hydrogens is 278 g/mol. The third kappa shape index (κ3) is 4.54. The normalized spacial score (nSPS) is 13.6. The first-order chi connectivity index (χ1) is 9.58. The number of hydrogen-bond donors (Lipinski definition) is 1. The minimum atomic E-state index is -1.85. The molecule has 0 aliphatic carbocycles. The van der Waals surface area contributed by atoms with Gasteiger partial charge in [-0.05, 0) is 37.2 Å². The van der Waals surface area contributed by atoms with E-state index in [1.165, 1.54) is 6.08 Å². The van der Waals surface area contributed by atoms with E-state index in [0.717, 1.165) is 11.3 Å². The molecule has 1 amide bonds. The molecule has 0 fully saturated rings. The molecule has 3 nitrogen and oxygen atoms in total. The molecule has 0 aliphatic rings. The lowest BCUT2D eigenvalue weighted by molar-refractivity contribution is -0.111. The highest BCUT2D eigenvalue weighted by molar-refractivity contribution is 6.74. The van der Waals surface area contributed by atoms with Gasteiger partial charge in [-0.15, -0.1) is 0 Å². The molecule has 0 spiro atoms. The standard InChI is InChI=1S/C17H27NO2Si/c1-8-16(19)18-15-12-10-9-11-14(15)13(2)20-21(6,7)17(3,4)5/h8-13H,1H2,2-7H3,(H,18,19). The molecule has 1 atom stereocenters. The second kappa shape index (κ2) is 6.58. The Hall–Kier alpha value is -1.39. The number of benzene rings is 1. The van der Waals surface area contributed by atoms with Gasteiger partial charge in [0.05, 0.1) is 6.10 Å². The predicted molar refractivity (Wildman–Crippen MR) is 92.0 cm³/mol. The SMILES string of the molecule is C=CC(=O)Nc1ccccc1C(C)O[Si](C)(C)C(C)(C)C. The fourth-order valence-corrected chi connectivity index (χ4v) is 3.20. The van der Waals surface area contributed by atoms with Crippen LogP contribution in [0.1, 0.15) is 39.4 Å². The summed E-state index contributed by atoms with van der Waals surface area (Å²) in [6.07, 6.45) is 1.21. The van der Waals surface area contributed by atoms with Crippen molar-refractivity contribution in [1.29, 1.82) is 0 Å². The summed E-state index contributed by atoms with van der Waals surface area (Å²) in [7, 11) is -1.85. The van der Waals surface area contributed by atoms with E-state index < -0.39 is 8.32 Å². The van der Waals surface area contributed by atoms with Crippen LogP contribution in [0.4, 0.5) is 5.69 Å². The van der Waals surface area contributed by atoms with E-state index >= 15 is 0 Å². The van der Waals surface area contributed by atoms with Gasteiger partial charge in [-0.1, -0.05) is 45.5 Å². The number of rotatable bonds is 5. The maximum atomic E-state index is 11.5. The van der Waals surface area contributed by atoms with Crippen LogP contribution in [0.25, 0.3) is 0 Å². The summed E-state index contributed by atoms with van der Waals surface area (Å²) >= 11 is 0. The lowest BCUT2D eigenvalue weighted by atomic mass is 10.1. The monoisotopic (exact) mass is 305 g/mol. The van der Waals surface area contributed by atoms with E-state index in [9.17, 15) is 4.79 Å². The van der Waals surface area contributed by atoms with Crippen molar-refractivity contribution in [3.05, 3.63) is 42.5 Å². The Morgan fingerprint density at radius 3 is 2.43 bits per heavy atom. The molecule has 0 heterocycles. The van der Waals surface area contributed by atoms with Gasteiger partial charge in [0.1, 0.15) is 0 Å². The van der Waals surface area contributed by atoms with Crippen molar-refractivity contribution in [3.8, 4) is 0 Å². The third-order valence-electron chi connectivity index (χ3n) is 4.12. The summed E-state index contributed by atoms with van der Waals surface area (Å²) in [5.41, 5.74) is 1.78. The van der Waals surface area contributed by atoms with E-state index in [0.29, 0.717) is 0 Å². The molecule has 1 aromatic carbocycles. The number of nitrogens with one attached hydrogen (secondary N) is 1. The first-order valence-corrected chi connectivity index (χ1v) is 10.2. The smallest absolute Gasteiger partial charge is 0.247 e. The first-order valence-electron chi connectivity index (χ1n) is 7.28. The summed E-state index contributed by atoms with van der Waals surface area (Å²) in [5, 5.41) is 3.00. The van der Waals surface area contributed by atoms with Crippen molar-refractivity contribution in [1.82, 2.24) is 0 Å². The molecule has 116 valence electrons. The molecule has 0 radical (unpaired) electrons. The van der Waals surface area contributed by atoms with Crippen molar-refractivity contribution in [2.24, 2.45) is 0 Å². The molecule has 21 heavy (non-hydrogen) atoms. The molecular formula is C17H27NO2Si. The molecule has 1 rings (SSSR count). The minimum absolute atomic E-state index is 0.0628. The third-order valence-corrected chi connectivity index (χ3v) is 8.67. The lowest BCUT2D eigenvalue weighted by Gasteiger charge is -2.38. The fraction of sp³-hybridized carbons (Fsp3) is 0.471. The number of carbonyl (C=O) groups is 1. The fourth-order valence-electron chi connectivity index (χ4n) is 1.83. The number of amides is 1. The average Bonchev–Trinajstić information content (AvgIpc) is 2.37. The zero-order valence-corrected chi connectivity index (χ0v) is 15.0. The van der Waals surface area contributed by atoms with Crippen LogP contribution in [0, 0.1) is 0 Å². The van der Waals surface area contributed by atoms with Gasteiger partial charge in [-0.2, -0.15) is 0 Å². The Morgan fingerprint density at radius 1 is 1.33 bits per heavy atom. The van der Waals surface area contributed by atoms with Gasteiger partial charge >= 0.3 is 0 Å². The van der Waals surface area contributed by atoms with E-state index in [2.05, 4.69) is 45.8 Å². The highest BCUT2D eigenvalue weighted by atomic mass is 28.4. The second-order valence-corrected chi connectivity index (χ2v) is 11.6.